The fourth-order valence-corrected chi connectivity index (χ4v) is 2.48. The molecule has 1 atom stereocenters. The summed E-state index contributed by atoms with van der Waals surface area (Å²) in [7, 11) is 2.09. The summed E-state index contributed by atoms with van der Waals surface area (Å²) in [5.74, 6) is 0.0261. The van der Waals surface area contributed by atoms with Gasteiger partial charge >= 0.3 is 0 Å². The molecule has 0 aliphatic carbocycles. The molecule has 1 aromatic carbocycles. The Hall–Kier alpha value is -1.06. The van der Waals surface area contributed by atoms with E-state index < -0.39 is 5.38 Å². The van der Waals surface area contributed by atoms with Crippen LogP contribution in [-0.2, 0) is 4.79 Å². The minimum atomic E-state index is -0.561. The molecule has 98 valence electrons. The lowest BCUT2D eigenvalue weighted by Crippen LogP contribution is -2.36. The van der Waals surface area contributed by atoms with Crippen LogP contribution in [0.25, 0.3) is 0 Å². The molecule has 2 rings (SSSR count). The van der Waals surface area contributed by atoms with Crippen LogP contribution in [0.5, 0.6) is 0 Å². The summed E-state index contributed by atoms with van der Waals surface area (Å²) in [4.78, 5) is 16.5. The number of alkyl halides is 1. The molecule has 0 saturated carbocycles. The van der Waals surface area contributed by atoms with Crippen molar-refractivity contribution in [3.8, 4) is 0 Å². The van der Waals surface area contributed by atoms with Gasteiger partial charge in [-0.2, -0.15) is 0 Å². The molecule has 0 bridgehead atoms. The summed E-state index contributed by atoms with van der Waals surface area (Å²) in [5.41, 5.74) is 0.877. The number of benzene rings is 1. The first-order chi connectivity index (χ1) is 8.68. The first kappa shape index (κ1) is 13.4. The summed E-state index contributed by atoms with van der Waals surface area (Å²) in [6.45, 7) is 3.54. The van der Waals surface area contributed by atoms with Gasteiger partial charge in [-0.25, -0.2) is 0 Å². The maximum Gasteiger partial charge on any atom is 0.245 e. The van der Waals surface area contributed by atoms with E-state index in [1.54, 1.807) is 0 Å². The Bertz CT molecular complexity index is 396. The molecule has 18 heavy (non-hydrogen) atoms. The van der Waals surface area contributed by atoms with E-state index >= 15 is 0 Å². The maximum atomic E-state index is 12.3. The van der Waals surface area contributed by atoms with Crippen molar-refractivity contribution in [3.05, 3.63) is 35.9 Å². The molecule has 1 aliphatic heterocycles. The summed E-state index contributed by atoms with van der Waals surface area (Å²) >= 11 is 6.27. The lowest BCUT2D eigenvalue weighted by Gasteiger charge is -2.23. The Kier molecular flexibility index (Phi) is 4.61. The Labute approximate surface area is 113 Å². The van der Waals surface area contributed by atoms with Gasteiger partial charge in [-0.05, 0) is 25.6 Å². The van der Waals surface area contributed by atoms with Gasteiger partial charge < -0.3 is 9.80 Å². The normalized spacial score (nSPS) is 19.3. The SMILES string of the molecule is CN1CCCN(C(=O)C(Cl)c2ccccc2)CC1. The molecule has 4 heteroatoms. The van der Waals surface area contributed by atoms with Crippen molar-refractivity contribution in [1.82, 2.24) is 9.80 Å². The van der Waals surface area contributed by atoms with Crippen molar-refractivity contribution in [2.24, 2.45) is 0 Å². The fraction of sp³-hybridized carbons (Fsp3) is 0.500. The van der Waals surface area contributed by atoms with Crippen LogP contribution in [0.3, 0.4) is 0 Å². The van der Waals surface area contributed by atoms with Crippen LogP contribution in [0.1, 0.15) is 17.4 Å². The first-order valence-corrected chi connectivity index (χ1v) is 6.78. The van der Waals surface area contributed by atoms with Gasteiger partial charge in [-0.15, -0.1) is 11.6 Å². The lowest BCUT2D eigenvalue weighted by molar-refractivity contribution is -0.130. The van der Waals surface area contributed by atoms with Crippen LogP contribution < -0.4 is 0 Å². The summed E-state index contributed by atoms with van der Waals surface area (Å²) in [6, 6.07) is 9.56. The molecule has 1 amide bonds. The Morgan fingerprint density at radius 2 is 1.89 bits per heavy atom. The maximum absolute atomic E-state index is 12.3. The molecule has 1 saturated heterocycles. The standard InChI is InChI=1S/C14H19ClN2O/c1-16-8-5-9-17(11-10-16)14(18)13(15)12-6-3-2-4-7-12/h2-4,6-7,13H,5,8-11H2,1H3. The Balaban J connectivity index is 2.02. The molecule has 1 aliphatic rings. The van der Waals surface area contributed by atoms with Gasteiger partial charge in [0, 0.05) is 19.6 Å². The van der Waals surface area contributed by atoms with Crippen molar-refractivity contribution in [2.75, 3.05) is 33.2 Å². The predicted octanol–water partition coefficient (Wildman–Crippen LogP) is 2.13. The van der Waals surface area contributed by atoms with Crippen molar-refractivity contribution in [1.29, 1.82) is 0 Å². The smallest absolute Gasteiger partial charge is 0.245 e. The van der Waals surface area contributed by atoms with Crippen LogP contribution in [0.15, 0.2) is 30.3 Å². The van der Waals surface area contributed by atoms with E-state index in [2.05, 4.69) is 11.9 Å². The van der Waals surface area contributed by atoms with E-state index in [0.717, 1.165) is 38.2 Å². The molecule has 1 heterocycles. The van der Waals surface area contributed by atoms with Gasteiger partial charge in [0.2, 0.25) is 5.91 Å². The minimum absolute atomic E-state index is 0.0261. The fourth-order valence-electron chi connectivity index (χ4n) is 2.19. The number of halogens is 1. The highest BCUT2D eigenvalue weighted by atomic mass is 35.5. The number of amides is 1. The van der Waals surface area contributed by atoms with Gasteiger partial charge in [-0.3, -0.25) is 4.79 Å². The molecule has 0 spiro atoms. The second-order valence-electron chi connectivity index (χ2n) is 4.76. The van der Waals surface area contributed by atoms with E-state index in [-0.39, 0.29) is 5.91 Å². The number of carbonyl (C=O) groups excluding carboxylic acids is 1. The summed E-state index contributed by atoms with van der Waals surface area (Å²) < 4.78 is 0. The molecule has 1 unspecified atom stereocenters. The zero-order valence-electron chi connectivity index (χ0n) is 10.7. The van der Waals surface area contributed by atoms with Crippen molar-refractivity contribution < 1.29 is 4.79 Å². The quantitative estimate of drug-likeness (QED) is 0.766. The number of likely N-dealkylation sites (N-methyl/N-ethyl adjacent to an activating group) is 1. The highest BCUT2D eigenvalue weighted by Crippen LogP contribution is 2.23. The topological polar surface area (TPSA) is 23.6 Å². The molecular weight excluding hydrogens is 248 g/mol. The highest BCUT2D eigenvalue weighted by Gasteiger charge is 2.24. The minimum Gasteiger partial charge on any atom is -0.340 e. The average Bonchev–Trinajstić information content (AvgIpc) is 2.63. The molecule has 0 radical (unpaired) electrons. The monoisotopic (exact) mass is 266 g/mol. The zero-order chi connectivity index (χ0) is 13.0. The van der Waals surface area contributed by atoms with Gasteiger partial charge in [0.1, 0.15) is 5.38 Å². The van der Waals surface area contributed by atoms with Crippen LogP contribution in [0, 0.1) is 0 Å². The van der Waals surface area contributed by atoms with Crippen LogP contribution in [0.4, 0.5) is 0 Å². The number of rotatable bonds is 2. The van der Waals surface area contributed by atoms with Crippen LogP contribution in [-0.4, -0.2) is 48.9 Å². The molecule has 1 aromatic rings. The number of hydrogen-bond acceptors (Lipinski definition) is 2. The van der Waals surface area contributed by atoms with E-state index in [9.17, 15) is 4.79 Å². The van der Waals surface area contributed by atoms with Gasteiger partial charge in [0.15, 0.2) is 0 Å². The molecule has 0 N–H and O–H groups in total. The molecule has 3 nitrogen and oxygen atoms in total. The van der Waals surface area contributed by atoms with Crippen molar-refractivity contribution in [2.45, 2.75) is 11.8 Å². The Morgan fingerprint density at radius 1 is 1.17 bits per heavy atom. The predicted molar refractivity (Wildman–Crippen MR) is 73.7 cm³/mol. The third-order valence-corrected chi connectivity index (χ3v) is 3.78. The van der Waals surface area contributed by atoms with Crippen molar-refractivity contribution in [3.63, 3.8) is 0 Å². The zero-order valence-corrected chi connectivity index (χ0v) is 11.4. The van der Waals surface area contributed by atoms with E-state index in [4.69, 9.17) is 11.6 Å². The van der Waals surface area contributed by atoms with E-state index in [0.29, 0.717) is 0 Å². The highest BCUT2D eigenvalue weighted by molar-refractivity contribution is 6.30. The lowest BCUT2D eigenvalue weighted by atomic mass is 10.1. The third kappa shape index (κ3) is 3.24. The molecule has 1 fully saturated rings. The van der Waals surface area contributed by atoms with E-state index in [1.807, 2.05) is 35.2 Å². The number of carbonyl (C=O) groups is 1. The van der Waals surface area contributed by atoms with Gasteiger partial charge in [0.25, 0.3) is 0 Å². The largest absolute Gasteiger partial charge is 0.340 e. The molecular formula is C14H19ClN2O. The van der Waals surface area contributed by atoms with Gasteiger partial charge in [-0.1, -0.05) is 30.3 Å². The second kappa shape index (κ2) is 6.21. The van der Waals surface area contributed by atoms with Crippen LogP contribution >= 0.6 is 11.6 Å². The number of hydrogen-bond donors (Lipinski definition) is 0. The second-order valence-corrected chi connectivity index (χ2v) is 5.19. The van der Waals surface area contributed by atoms with Crippen molar-refractivity contribution >= 4 is 17.5 Å². The van der Waals surface area contributed by atoms with Crippen LogP contribution in [0.2, 0.25) is 0 Å². The van der Waals surface area contributed by atoms with Gasteiger partial charge in [0.05, 0.1) is 0 Å². The third-order valence-electron chi connectivity index (χ3n) is 3.34. The summed E-state index contributed by atoms with van der Waals surface area (Å²) in [6.07, 6.45) is 1.01. The average molecular weight is 267 g/mol. The number of nitrogens with zero attached hydrogens (tertiary/aromatic N) is 2. The first-order valence-electron chi connectivity index (χ1n) is 6.35. The Morgan fingerprint density at radius 3 is 2.61 bits per heavy atom. The van der Waals surface area contributed by atoms with E-state index in [1.165, 1.54) is 0 Å². The summed E-state index contributed by atoms with van der Waals surface area (Å²) in [5, 5.41) is -0.561. The molecule has 0 aromatic heterocycles.